The zero-order chi connectivity index (χ0) is 16.3. The van der Waals surface area contributed by atoms with Gasteiger partial charge in [0, 0.05) is 18.7 Å². The van der Waals surface area contributed by atoms with E-state index in [2.05, 4.69) is 4.72 Å². The molecule has 0 bridgehead atoms. The molecule has 2 rings (SSSR count). The number of nitrogens with zero attached hydrogens (tertiary/aromatic N) is 1. The van der Waals surface area contributed by atoms with Crippen LogP contribution in [0.15, 0.2) is 23.1 Å². The van der Waals surface area contributed by atoms with Crippen molar-refractivity contribution in [2.24, 2.45) is 0 Å². The predicted octanol–water partition coefficient (Wildman–Crippen LogP) is 1.50. The third kappa shape index (κ3) is 3.60. The van der Waals surface area contributed by atoms with Gasteiger partial charge >= 0.3 is 0 Å². The second kappa shape index (κ2) is 6.95. The van der Waals surface area contributed by atoms with Gasteiger partial charge in [-0.25, -0.2) is 13.1 Å². The van der Waals surface area contributed by atoms with E-state index >= 15 is 0 Å². The third-order valence-electron chi connectivity index (χ3n) is 3.62. The van der Waals surface area contributed by atoms with Crippen molar-refractivity contribution in [2.75, 3.05) is 26.7 Å². The van der Waals surface area contributed by atoms with Crippen LogP contribution in [-0.4, -0.2) is 52.1 Å². The summed E-state index contributed by atoms with van der Waals surface area (Å²) in [4.78, 5) is 14.1. The number of amides is 1. The lowest BCUT2D eigenvalue weighted by Crippen LogP contribution is -2.45. The molecule has 1 atom stereocenters. The van der Waals surface area contributed by atoms with Gasteiger partial charge in [-0.3, -0.25) is 4.79 Å². The maximum atomic E-state index is 12.6. The molecule has 1 aliphatic heterocycles. The number of benzene rings is 1. The van der Waals surface area contributed by atoms with Gasteiger partial charge in [0.15, 0.2) is 0 Å². The lowest BCUT2D eigenvalue weighted by atomic mass is 10.1. The van der Waals surface area contributed by atoms with E-state index in [1.807, 2.05) is 6.92 Å². The standard InChI is InChI=1S/C14H19ClN2O4S/c1-3-11-9-17(6-7-21-11)14(18)10-4-5-12(15)13(8-10)22(19,20)16-2/h4-5,8,11,16H,3,6-7,9H2,1-2H3/t11-/m0/s1. The maximum absolute atomic E-state index is 12.6. The fourth-order valence-corrected chi connectivity index (χ4v) is 3.53. The minimum Gasteiger partial charge on any atom is -0.375 e. The van der Waals surface area contributed by atoms with Crippen molar-refractivity contribution >= 4 is 27.5 Å². The molecular formula is C14H19ClN2O4S. The molecule has 1 fully saturated rings. The number of hydrogen-bond acceptors (Lipinski definition) is 4. The Morgan fingerprint density at radius 3 is 2.86 bits per heavy atom. The van der Waals surface area contributed by atoms with Gasteiger partial charge in [-0.05, 0) is 31.7 Å². The predicted molar refractivity (Wildman–Crippen MR) is 83.6 cm³/mol. The Hall–Kier alpha value is -1.15. The molecule has 0 radical (unpaired) electrons. The van der Waals surface area contributed by atoms with Gasteiger partial charge in [0.2, 0.25) is 10.0 Å². The summed E-state index contributed by atoms with van der Waals surface area (Å²) in [5.41, 5.74) is 0.301. The molecule has 1 amide bonds. The van der Waals surface area contributed by atoms with Crippen LogP contribution >= 0.6 is 11.6 Å². The van der Waals surface area contributed by atoms with E-state index in [0.29, 0.717) is 25.3 Å². The number of sulfonamides is 1. The van der Waals surface area contributed by atoms with E-state index in [9.17, 15) is 13.2 Å². The van der Waals surface area contributed by atoms with Crippen LogP contribution in [0.2, 0.25) is 5.02 Å². The molecule has 1 heterocycles. The third-order valence-corrected chi connectivity index (χ3v) is 5.51. The van der Waals surface area contributed by atoms with Crippen LogP contribution in [-0.2, 0) is 14.8 Å². The largest absolute Gasteiger partial charge is 0.375 e. The van der Waals surface area contributed by atoms with Crippen LogP contribution in [0.25, 0.3) is 0 Å². The van der Waals surface area contributed by atoms with Crippen LogP contribution in [0.3, 0.4) is 0 Å². The number of ether oxygens (including phenoxy) is 1. The van der Waals surface area contributed by atoms with Crippen LogP contribution in [0.1, 0.15) is 23.7 Å². The summed E-state index contributed by atoms with van der Waals surface area (Å²) < 4.78 is 31.6. The monoisotopic (exact) mass is 346 g/mol. The lowest BCUT2D eigenvalue weighted by molar-refractivity contribution is -0.0226. The molecule has 0 unspecified atom stereocenters. The number of rotatable bonds is 4. The Balaban J connectivity index is 2.29. The van der Waals surface area contributed by atoms with Crippen molar-refractivity contribution in [3.63, 3.8) is 0 Å². The fraction of sp³-hybridized carbons (Fsp3) is 0.500. The van der Waals surface area contributed by atoms with Crippen molar-refractivity contribution in [3.8, 4) is 0 Å². The number of morpholine rings is 1. The molecule has 1 saturated heterocycles. The Morgan fingerprint density at radius 1 is 1.50 bits per heavy atom. The molecule has 122 valence electrons. The Bertz CT molecular complexity index is 663. The lowest BCUT2D eigenvalue weighted by Gasteiger charge is -2.32. The normalized spacial score (nSPS) is 19.2. The number of hydrogen-bond donors (Lipinski definition) is 1. The summed E-state index contributed by atoms with van der Waals surface area (Å²) in [5.74, 6) is -0.217. The minimum atomic E-state index is -3.71. The van der Waals surface area contributed by atoms with Crippen molar-refractivity contribution in [2.45, 2.75) is 24.3 Å². The van der Waals surface area contributed by atoms with Crippen molar-refractivity contribution < 1.29 is 17.9 Å². The first-order valence-electron chi connectivity index (χ1n) is 7.03. The minimum absolute atomic E-state index is 0.0190. The summed E-state index contributed by atoms with van der Waals surface area (Å²) in [7, 11) is -2.41. The van der Waals surface area contributed by atoms with Crippen LogP contribution < -0.4 is 4.72 Å². The van der Waals surface area contributed by atoms with E-state index < -0.39 is 10.0 Å². The molecule has 0 aliphatic carbocycles. The van der Waals surface area contributed by atoms with Crippen LogP contribution in [0, 0.1) is 0 Å². The topological polar surface area (TPSA) is 75.7 Å². The van der Waals surface area contributed by atoms with E-state index in [1.165, 1.54) is 25.2 Å². The molecule has 0 spiro atoms. The quantitative estimate of drug-likeness (QED) is 0.896. The summed E-state index contributed by atoms with van der Waals surface area (Å²) in [6.45, 7) is 3.48. The van der Waals surface area contributed by atoms with Gasteiger partial charge in [-0.2, -0.15) is 0 Å². The van der Waals surface area contributed by atoms with Crippen molar-refractivity contribution in [1.29, 1.82) is 0 Å². The molecule has 0 saturated carbocycles. The second-order valence-corrected chi connectivity index (χ2v) is 7.27. The number of nitrogens with one attached hydrogen (secondary N) is 1. The van der Waals surface area contributed by atoms with Crippen LogP contribution in [0.4, 0.5) is 0 Å². The molecule has 0 aromatic heterocycles. The highest BCUT2D eigenvalue weighted by Crippen LogP contribution is 2.23. The molecule has 1 N–H and O–H groups in total. The van der Waals surface area contributed by atoms with Gasteiger partial charge < -0.3 is 9.64 Å². The van der Waals surface area contributed by atoms with E-state index in [1.54, 1.807) is 4.90 Å². The number of halogens is 1. The molecular weight excluding hydrogens is 328 g/mol. The van der Waals surface area contributed by atoms with Crippen molar-refractivity contribution in [1.82, 2.24) is 9.62 Å². The smallest absolute Gasteiger partial charge is 0.254 e. The molecule has 1 aromatic rings. The molecule has 1 aromatic carbocycles. The Labute approximate surface area is 135 Å². The first-order valence-corrected chi connectivity index (χ1v) is 8.89. The van der Waals surface area contributed by atoms with E-state index in [0.717, 1.165) is 6.42 Å². The molecule has 22 heavy (non-hydrogen) atoms. The van der Waals surface area contributed by atoms with Gasteiger partial charge in [0.25, 0.3) is 5.91 Å². The Kier molecular flexibility index (Phi) is 5.44. The fourth-order valence-electron chi connectivity index (χ4n) is 2.29. The van der Waals surface area contributed by atoms with Crippen LogP contribution in [0.5, 0.6) is 0 Å². The summed E-state index contributed by atoms with van der Waals surface area (Å²) in [6, 6.07) is 4.28. The van der Waals surface area contributed by atoms with E-state index in [-0.39, 0.29) is 21.9 Å². The van der Waals surface area contributed by atoms with Gasteiger partial charge in [0.1, 0.15) is 4.90 Å². The highest BCUT2D eigenvalue weighted by molar-refractivity contribution is 7.89. The first kappa shape index (κ1) is 17.2. The first-order chi connectivity index (χ1) is 10.4. The Morgan fingerprint density at radius 2 is 2.23 bits per heavy atom. The number of carbonyl (C=O) groups is 1. The second-order valence-electron chi connectivity index (χ2n) is 5.00. The zero-order valence-corrected chi connectivity index (χ0v) is 14.1. The molecule has 8 heteroatoms. The highest BCUT2D eigenvalue weighted by Gasteiger charge is 2.25. The maximum Gasteiger partial charge on any atom is 0.254 e. The zero-order valence-electron chi connectivity index (χ0n) is 12.5. The average molecular weight is 347 g/mol. The SMILES string of the molecule is CC[C@H]1CN(C(=O)c2ccc(Cl)c(S(=O)(=O)NC)c2)CCO1. The highest BCUT2D eigenvalue weighted by atomic mass is 35.5. The number of carbonyl (C=O) groups excluding carboxylic acids is 1. The average Bonchev–Trinajstić information content (AvgIpc) is 2.54. The summed E-state index contributed by atoms with van der Waals surface area (Å²) >= 11 is 5.93. The van der Waals surface area contributed by atoms with Gasteiger partial charge in [-0.15, -0.1) is 0 Å². The van der Waals surface area contributed by atoms with E-state index in [4.69, 9.17) is 16.3 Å². The molecule has 6 nitrogen and oxygen atoms in total. The van der Waals surface area contributed by atoms with Gasteiger partial charge in [-0.1, -0.05) is 18.5 Å². The van der Waals surface area contributed by atoms with Crippen molar-refractivity contribution in [3.05, 3.63) is 28.8 Å². The summed E-state index contributed by atoms with van der Waals surface area (Å²) in [6.07, 6.45) is 0.842. The molecule has 1 aliphatic rings. The summed E-state index contributed by atoms with van der Waals surface area (Å²) in [5, 5.41) is 0.0827. The van der Waals surface area contributed by atoms with Gasteiger partial charge in [0.05, 0.1) is 17.7 Å².